The number of nitrogens with one attached hydrogen (secondary N) is 2. The number of carbonyl (C=O) groups excluding carboxylic acids is 3. The number of rotatable bonds is 10. The fourth-order valence-electron chi connectivity index (χ4n) is 7.01. The van der Waals surface area contributed by atoms with Crippen LogP contribution in [-0.4, -0.2) is 97.2 Å². The second-order valence-electron chi connectivity index (χ2n) is 13.5. The summed E-state index contributed by atoms with van der Waals surface area (Å²) in [6.07, 6.45) is 0.265. The van der Waals surface area contributed by atoms with Crippen molar-refractivity contribution in [2.75, 3.05) is 64.3 Å². The molecule has 4 aromatic rings. The Morgan fingerprint density at radius 2 is 1.56 bits per heavy atom. The van der Waals surface area contributed by atoms with Crippen molar-refractivity contribution in [2.45, 2.75) is 38.2 Å². The number of hydrogen-bond acceptors (Lipinski definition) is 8. The summed E-state index contributed by atoms with van der Waals surface area (Å²) >= 11 is 0. The van der Waals surface area contributed by atoms with E-state index < -0.39 is 0 Å². The van der Waals surface area contributed by atoms with E-state index in [-0.39, 0.29) is 29.4 Å². The SMILES string of the molecule is COC1CN(c2ccc(C(=O)Nc3ccc(CNC(=O)c4nc(C)c5n4CCN(Cc4ccc(C(=O)N(C)C)cc4)C54COC4)cc3)cc2)C1. The van der Waals surface area contributed by atoms with Crippen molar-refractivity contribution in [1.29, 1.82) is 0 Å². The van der Waals surface area contributed by atoms with Crippen molar-refractivity contribution >= 4 is 29.1 Å². The third kappa shape index (κ3) is 6.37. The maximum atomic E-state index is 13.5. The van der Waals surface area contributed by atoms with Crippen molar-refractivity contribution < 1.29 is 23.9 Å². The second-order valence-corrected chi connectivity index (χ2v) is 13.5. The predicted molar refractivity (Wildman–Crippen MR) is 189 cm³/mol. The summed E-state index contributed by atoms with van der Waals surface area (Å²) in [6, 6.07) is 22.8. The third-order valence-electron chi connectivity index (χ3n) is 9.99. The first-order valence-corrected chi connectivity index (χ1v) is 16.9. The zero-order chi connectivity index (χ0) is 35.0. The first-order valence-electron chi connectivity index (χ1n) is 16.9. The maximum Gasteiger partial charge on any atom is 0.287 e. The van der Waals surface area contributed by atoms with Gasteiger partial charge in [0.05, 0.1) is 30.7 Å². The number of fused-ring (bicyclic) bond motifs is 2. The number of methoxy groups -OCH3 is 1. The molecule has 3 aromatic carbocycles. The number of ether oxygens (including phenoxy) is 2. The number of hydrogen-bond donors (Lipinski definition) is 2. The highest BCUT2D eigenvalue weighted by atomic mass is 16.5. The largest absolute Gasteiger partial charge is 0.378 e. The van der Waals surface area contributed by atoms with E-state index in [1.165, 1.54) is 0 Å². The van der Waals surface area contributed by atoms with Gasteiger partial charge in [-0.05, 0) is 66.6 Å². The summed E-state index contributed by atoms with van der Waals surface area (Å²) < 4.78 is 13.2. The molecule has 1 spiro atoms. The van der Waals surface area contributed by atoms with E-state index in [2.05, 4.69) is 20.4 Å². The van der Waals surface area contributed by atoms with Crippen LogP contribution in [0.4, 0.5) is 11.4 Å². The molecule has 0 unspecified atom stereocenters. The van der Waals surface area contributed by atoms with Crippen LogP contribution in [0.1, 0.15) is 53.8 Å². The molecular weight excluding hydrogens is 634 g/mol. The van der Waals surface area contributed by atoms with Gasteiger partial charge in [-0.1, -0.05) is 24.3 Å². The summed E-state index contributed by atoms with van der Waals surface area (Å²) in [5.41, 5.74) is 6.48. The number of anilines is 2. The van der Waals surface area contributed by atoms with Crippen LogP contribution in [0, 0.1) is 6.92 Å². The molecule has 0 radical (unpaired) electrons. The quantitative estimate of drug-likeness (QED) is 0.261. The van der Waals surface area contributed by atoms with Gasteiger partial charge in [0.25, 0.3) is 17.7 Å². The van der Waals surface area contributed by atoms with Crippen molar-refractivity contribution in [3.05, 3.63) is 112 Å². The molecule has 3 amide bonds. The zero-order valence-corrected chi connectivity index (χ0v) is 28.9. The number of benzene rings is 3. The summed E-state index contributed by atoms with van der Waals surface area (Å²) in [7, 11) is 5.22. The molecule has 2 N–H and O–H groups in total. The Bertz CT molecular complexity index is 1880. The summed E-state index contributed by atoms with van der Waals surface area (Å²) in [4.78, 5) is 49.6. The first-order chi connectivity index (χ1) is 24.1. The number of aromatic nitrogens is 2. The molecule has 7 rings (SSSR count). The minimum Gasteiger partial charge on any atom is -0.378 e. The van der Waals surface area contributed by atoms with Gasteiger partial charge in [0.1, 0.15) is 5.54 Å². The number of carbonyl (C=O) groups is 3. The van der Waals surface area contributed by atoms with Crippen molar-refractivity contribution in [3.63, 3.8) is 0 Å². The first kappa shape index (κ1) is 33.5. The van der Waals surface area contributed by atoms with Gasteiger partial charge in [-0.15, -0.1) is 0 Å². The molecule has 1 aromatic heterocycles. The Labute approximate surface area is 292 Å². The van der Waals surface area contributed by atoms with E-state index in [0.717, 1.165) is 47.8 Å². The lowest BCUT2D eigenvalue weighted by atomic mass is 9.86. The highest BCUT2D eigenvalue weighted by Gasteiger charge is 2.51. The lowest BCUT2D eigenvalue weighted by Crippen LogP contribution is -2.63. The minimum atomic E-state index is -0.365. The highest BCUT2D eigenvalue weighted by molar-refractivity contribution is 6.04. The molecular formula is C38H43N7O5. The van der Waals surface area contributed by atoms with E-state index in [1.807, 2.05) is 84.3 Å². The normalized spacial score (nSPS) is 16.7. The Morgan fingerprint density at radius 3 is 2.18 bits per heavy atom. The standard InChI is InChI=1S/C38H43N7O5/c1-25-33-38(23-50-24-38)44(20-27-5-9-29(10-6-27)37(48)42(2)3)17-18-45(33)34(40-25)36(47)39-19-26-7-13-30(14-8-26)41-35(46)28-11-15-31(16-12-28)43-21-32(22-43)49-4/h5-16,32H,17-24H2,1-4H3,(H,39,47)(H,41,46). The Kier molecular flexibility index (Phi) is 9.17. The van der Waals surface area contributed by atoms with Crippen molar-refractivity contribution in [3.8, 4) is 0 Å². The smallest absolute Gasteiger partial charge is 0.287 e. The van der Waals surface area contributed by atoms with Gasteiger partial charge in [0, 0.05) is 83.0 Å². The average molecular weight is 678 g/mol. The fraction of sp³-hybridized carbons (Fsp3) is 0.368. The van der Waals surface area contributed by atoms with E-state index in [4.69, 9.17) is 14.5 Å². The van der Waals surface area contributed by atoms with Crippen LogP contribution in [0.25, 0.3) is 0 Å². The van der Waals surface area contributed by atoms with Crippen LogP contribution in [0.15, 0.2) is 72.8 Å². The van der Waals surface area contributed by atoms with Crippen LogP contribution >= 0.6 is 0 Å². The van der Waals surface area contributed by atoms with Gasteiger partial charge in [0.2, 0.25) is 0 Å². The minimum absolute atomic E-state index is 0.0220. The van der Waals surface area contributed by atoms with Gasteiger partial charge in [-0.3, -0.25) is 19.3 Å². The molecule has 2 saturated heterocycles. The lowest BCUT2D eigenvalue weighted by Gasteiger charge is -2.52. The van der Waals surface area contributed by atoms with Crippen molar-refractivity contribution in [1.82, 2.24) is 24.7 Å². The topological polar surface area (TPSA) is 121 Å². The lowest BCUT2D eigenvalue weighted by molar-refractivity contribution is -0.163. The molecule has 3 aliphatic rings. The molecule has 0 aliphatic carbocycles. The number of nitrogens with zero attached hydrogens (tertiary/aromatic N) is 5. The summed E-state index contributed by atoms with van der Waals surface area (Å²) in [6.45, 7) is 7.10. The highest BCUT2D eigenvalue weighted by Crippen LogP contribution is 2.42. The Morgan fingerprint density at radius 1 is 0.900 bits per heavy atom. The zero-order valence-electron chi connectivity index (χ0n) is 28.9. The maximum absolute atomic E-state index is 13.5. The van der Waals surface area contributed by atoms with Crippen LogP contribution in [0.2, 0.25) is 0 Å². The molecule has 2 fully saturated rings. The van der Waals surface area contributed by atoms with Crippen LogP contribution in [-0.2, 0) is 34.6 Å². The van der Waals surface area contributed by atoms with Gasteiger partial charge in [0.15, 0.2) is 5.82 Å². The second kappa shape index (κ2) is 13.7. The molecule has 4 heterocycles. The predicted octanol–water partition coefficient (Wildman–Crippen LogP) is 3.65. The molecule has 3 aliphatic heterocycles. The third-order valence-corrected chi connectivity index (χ3v) is 9.99. The fourth-order valence-corrected chi connectivity index (χ4v) is 7.01. The van der Waals surface area contributed by atoms with Crippen LogP contribution < -0.4 is 15.5 Å². The molecule has 260 valence electrons. The van der Waals surface area contributed by atoms with Crippen LogP contribution in [0.3, 0.4) is 0 Å². The molecule has 0 saturated carbocycles. The van der Waals surface area contributed by atoms with Gasteiger partial charge >= 0.3 is 0 Å². The number of amides is 3. The summed E-state index contributed by atoms with van der Waals surface area (Å²) in [5.74, 6) is -0.0390. The van der Waals surface area contributed by atoms with Gasteiger partial charge in [-0.25, -0.2) is 4.98 Å². The van der Waals surface area contributed by atoms with E-state index in [0.29, 0.717) is 55.5 Å². The van der Waals surface area contributed by atoms with Crippen LogP contribution in [0.5, 0.6) is 0 Å². The molecule has 12 nitrogen and oxygen atoms in total. The molecule has 12 heteroatoms. The van der Waals surface area contributed by atoms with E-state index in [9.17, 15) is 14.4 Å². The molecule has 50 heavy (non-hydrogen) atoms. The van der Waals surface area contributed by atoms with Gasteiger partial charge in [-0.2, -0.15) is 0 Å². The van der Waals surface area contributed by atoms with Crippen molar-refractivity contribution in [2.24, 2.45) is 0 Å². The van der Waals surface area contributed by atoms with E-state index in [1.54, 1.807) is 26.1 Å². The summed E-state index contributed by atoms with van der Waals surface area (Å²) in [5, 5.41) is 5.99. The average Bonchev–Trinajstić information content (AvgIpc) is 3.43. The van der Waals surface area contributed by atoms with E-state index >= 15 is 0 Å². The van der Waals surface area contributed by atoms with Gasteiger partial charge < -0.3 is 34.5 Å². The number of imidazole rings is 1. The monoisotopic (exact) mass is 677 g/mol. The Hall–Kier alpha value is -5.04. The Balaban J connectivity index is 0.957. The number of aryl methyl sites for hydroxylation is 1. The molecule has 0 atom stereocenters. The molecule has 0 bridgehead atoms.